The van der Waals surface area contributed by atoms with Crippen molar-refractivity contribution in [1.29, 1.82) is 5.26 Å². The number of rotatable bonds is 0. The quantitative estimate of drug-likeness (QED) is 0.471. The van der Waals surface area contributed by atoms with Crippen LogP contribution in [0, 0.1) is 17.2 Å². The van der Waals surface area contributed by atoms with Gasteiger partial charge in [0.25, 0.3) is 0 Å². The van der Waals surface area contributed by atoms with Crippen LogP contribution in [0.25, 0.3) is 0 Å². The van der Waals surface area contributed by atoms with Gasteiger partial charge in [-0.1, -0.05) is 0 Å². The molecular formula is C8H14N2. The average molecular weight is 138 g/mol. The number of nitrogens with zero attached hydrogens (tertiary/aromatic N) is 2. The smallest absolute Gasteiger partial charge is 0.0669 e. The first-order valence-corrected chi connectivity index (χ1v) is 3.41. The Kier molecular flexibility index (Phi) is 4.61. The van der Waals surface area contributed by atoms with E-state index in [1.807, 2.05) is 0 Å². The van der Waals surface area contributed by atoms with Crippen molar-refractivity contribution in [2.45, 2.75) is 6.42 Å². The molecule has 2 nitrogen and oxygen atoms in total. The van der Waals surface area contributed by atoms with E-state index in [1.54, 1.807) is 0 Å². The third-order valence-corrected chi connectivity index (χ3v) is 1.57. The molecule has 1 heterocycles. The zero-order valence-electron chi connectivity index (χ0n) is 6.51. The van der Waals surface area contributed by atoms with E-state index in [-0.39, 0.29) is 0 Å². The van der Waals surface area contributed by atoms with Crippen LogP contribution in [0.5, 0.6) is 0 Å². The predicted octanol–water partition coefficient (Wildman–Crippen LogP) is 1.26. The van der Waals surface area contributed by atoms with Gasteiger partial charge in [-0.15, -0.1) is 13.2 Å². The van der Waals surface area contributed by atoms with Crippen LogP contribution in [-0.2, 0) is 0 Å². The monoisotopic (exact) mass is 138 g/mol. The van der Waals surface area contributed by atoms with Crippen molar-refractivity contribution < 1.29 is 0 Å². The fourth-order valence-electron chi connectivity index (χ4n) is 1.04. The molecule has 0 saturated carbocycles. The molecule has 0 aliphatic carbocycles. The van der Waals surface area contributed by atoms with Gasteiger partial charge in [0.1, 0.15) is 0 Å². The highest BCUT2D eigenvalue weighted by atomic mass is 15.1. The second-order valence-electron chi connectivity index (χ2n) is 2.38. The Morgan fingerprint density at radius 1 is 1.60 bits per heavy atom. The maximum atomic E-state index is 8.41. The number of nitriles is 1. The molecule has 0 amide bonds. The molecule has 0 radical (unpaired) electrons. The second kappa shape index (κ2) is 5.01. The summed E-state index contributed by atoms with van der Waals surface area (Å²) in [7, 11) is 2.05. The van der Waals surface area contributed by atoms with Crippen LogP contribution in [0.1, 0.15) is 6.42 Å². The fraction of sp³-hybridized carbons (Fsp3) is 0.625. The first-order valence-electron chi connectivity index (χ1n) is 3.41. The van der Waals surface area contributed by atoms with Gasteiger partial charge in [0, 0.05) is 6.54 Å². The van der Waals surface area contributed by atoms with Crippen LogP contribution in [0.3, 0.4) is 0 Å². The summed E-state index contributed by atoms with van der Waals surface area (Å²) < 4.78 is 0. The Morgan fingerprint density at radius 3 is 2.40 bits per heavy atom. The summed E-state index contributed by atoms with van der Waals surface area (Å²) in [6.07, 6.45) is 1.06. The van der Waals surface area contributed by atoms with Gasteiger partial charge in [0.05, 0.1) is 12.0 Å². The van der Waals surface area contributed by atoms with Crippen LogP contribution in [0.15, 0.2) is 13.2 Å². The molecule has 0 N–H and O–H groups in total. The lowest BCUT2D eigenvalue weighted by molar-refractivity contribution is 0.409. The fourth-order valence-corrected chi connectivity index (χ4v) is 1.04. The third-order valence-electron chi connectivity index (χ3n) is 1.57. The molecule has 56 valence electrons. The molecular weight excluding hydrogens is 124 g/mol. The van der Waals surface area contributed by atoms with Gasteiger partial charge in [-0.25, -0.2) is 0 Å². The van der Waals surface area contributed by atoms with Gasteiger partial charge in [-0.05, 0) is 20.0 Å². The molecule has 2 heteroatoms. The lowest BCUT2D eigenvalue weighted by Crippen LogP contribution is -2.13. The molecule has 1 atom stereocenters. The van der Waals surface area contributed by atoms with Crippen LogP contribution in [0.4, 0.5) is 0 Å². The van der Waals surface area contributed by atoms with E-state index in [9.17, 15) is 0 Å². The molecule has 0 aromatic heterocycles. The molecule has 1 rings (SSSR count). The molecule has 10 heavy (non-hydrogen) atoms. The highest BCUT2D eigenvalue weighted by molar-refractivity contribution is 4.89. The van der Waals surface area contributed by atoms with E-state index in [1.165, 1.54) is 0 Å². The highest BCUT2D eigenvalue weighted by Gasteiger charge is 2.17. The van der Waals surface area contributed by atoms with Crippen LogP contribution in [0.2, 0.25) is 0 Å². The van der Waals surface area contributed by atoms with E-state index in [0.717, 1.165) is 19.5 Å². The van der Waals surface area contributed by atoms with Gasteiger partial charge >= 0.3 is 0 Å². The van der Waals surface area contributed by atoms with E-state index in [2.05, 4.69) is 31.2 Å². The van der Waals surface area contributed by atoms with E-state index in [4.69, 9.17) is 5.26 Å². The summed E-state index contributed by atoms with van der Waals surface area (Å²) >= 11 is 0. The highest BCUT2D eigenvalue weighted by Crippen LogP contribution is 2.11. The maximum Gasteiger partial charge on any atom is 0.0669 e. The Labute approximate surface area is 62.8 Å². The molecule has 1 unspecified atom stereocenters. The summed E-state index contributed by atoms with van der Waals surface area (Å²) in [6, 6.07) is 2.25. The van der Waals surface area contributed by atoms with Gasteiger partial charge in [-0.2, -0.15) is 5.26 Å². The standard InChI is InChI=1S/C6H10N2.C2H4/c1-8-3-2-6(4-7)5-8;1-2/h6H,2-3,5H2,1H3;1-2H2. The zero-order valence-corrected chi connectivity index (χ0v) is 6.51. The summed E-state index contributed by atoms with van der Waals surface area (Å²) in [6.45, 7) is 8.06. The minimum Gasteiger partial charge on any atom is -0.305 e. The minimum absolute atomic E-state index is 0.306. The Bertz CT molecular complexity index is 126. The Hall–Kier alpha value is -0.810. The van der Waals surface area contributed by atoms with Crippen molar-refractivity contribution in [3.05, 3.63) is 13.2 Å². The molecule has 0 aromatic rings. The van der Waals surface area contributed by atoms with Crippen molar-refractivity contribution in [2.75, 3.05) is 20.1 Å². The van der Waals surface area contributed by atoms with Gasteiger partial charge in [0.15, 0.2) is 0 Å². The molecule has 0 aromatic carbocycles. The van der Waals surface area contributed by atoms with Crippen molar-refractivity contribution in [1.82, 2.24) is 4.90 Å². The summed E-state index contributed by atoms with van der Waals surface area (Å²) in [5, 5.41) is 8.41. The third kappa shape index (κ3) is 2.65. The van der Waals surface area contributed by atoms with Crippen LogP contribution < -0.4 is 0 Å². The number of likely N-dealkylation sites (tertiary alicyclic amines) is 1. The normalized spacial score (nSPS) is 24.6. The summed E-state index contributed by atoms with van der Waals surface area (Å²) in [5.41, 5.74) is 0. The minimum atomic E-state index is 0.306. The average Bonchev–Trinajstić information content (AvgIpc) is 2.40. The first kappa shape index (κ1) is 9.19. The van der Waals surface area contributed by atoms with E-state index < -0.39 is 0 Å². The van der Waals surface area contributed by atoms with E-state index in [0.29, 0.717) is 5.92 Å². The molecule has 1 saturated heterocycles. The van der Waals surface area contributed by atoms with Crippen molar-refractivity contribution in [3.63, 3.8) is 0 Å². The topological polar surface area (TPSA) is 27.0 Å². The zero-order chi connectivity index (χ0) is 7.98. The predicted molar refractivity (Wildman–Crippen MR) is 42.5 cm³/mol. The maximum absolute atomic E-state index is 8.41. The van der Waals surface area contributed by atoms with E-state index >= 15 is 0 Å². The SMILES string of the molecule is C=C.CN1CCC(C#N)C1. The summed E-state index contributed by atoms with van der Waals surface area (Å²) in [5.74, 6) is 0.306. The summed E-state index contributed by atoms with van der Waals surface area (Å²) in [4.78, 5) is 2.19. The lowest BCUT2D eigenvalue weighted by atomic mass is 10.1. The number of hydrogen-bond acceptors (Lipinski definition) is 2. The molecule has 0 spiro atoms. The molecule has 1 aliphatic heterocycles. The first-order chi connectivity index (χ1) is 4.83. The van der Waals surface area contributed by atoms with Crippen LogP contribution in [-0.4, -0.2) is 25.0 Å². The van der Waals surface area contributed by atoms with Crippen molar-refractivity contribution in [3.8, 4) is 6.07 Å². The van der Waals surface area contributed by atoms with Crippen molar-refractivity contribution >= 4 is 0 Å². The molecule has 0 bridgehead atoms. The van der Waals surface area contributed by atoms with Gasteiger partial charge in [-0.3, -0.25) is 0 Å². The molecule has 1 aliphatic rings. The van der Waals surface area contributed by atoms with Gasteiger partial charge < -0.3 is 4.90 Å². The van der Waals surface area contributed by atoms with Crippen molar-refractivity contribution in [2.24, 2.45) is 5.92 Å². The Balaban J connectivity index is 0.000000371. The Morgan fingerprint density at radius 2 is 2.20 bits per heavy atom. The lowest BCUT2D eigenvalue weighted by Gasteiger charge is -2.02. The largest absolute Gasteiger partial charge is 0.305 e. The van der Waals surface area contributed by atoms with Crippen LogP contribution >= 0.6 is 0 Å². The number of hydrogen-bond donors (Lipinski definition) is 0. The second-order valence-corrected chi connectivity index (χ2v) is 2.38. The molecule has 1 fully saturated rings. The van der Waals surface area contributed by atoms with Gasteiger partial charge in [0.2, 0.25) is 0 Å².